The number of hydrogen-bond acceptors (Lipinski definition) is 1. The summed E-state index contributed by atoms with van der Waals surface area (Å²) in [5.41, 5.74) is 16.4. The summed E-state index contributed by atoms with van der Waals surface area (Å²) in [6.07, 6.45) is 5.17. The molecule has 0 aromatic heterocycles. The first kappa shape index (κ1) is 36.5. The molecular weight excluding hydrogens is 703 g/mol. The van der Waals surface area contributed by atoms with E-state index in [-0.39, 0.29) is 30.2 Å². The van der Waals surface area contributed by atoms with Crippen molar-refractivity contribution in [3.8, 4) is 11.1 Å². The Balaban J connectivity index is 0.00000230. The summed E-state index contributed by atoms with van der Waals surface area (Å²) in [6.45, 7) is 21.4. The van der Waals surface area contributed by atoms with E-state index in [0.29, 0.717) is 14.8 Å². The number of allylic oxidation sites excluding steroid dienone is 5. The van der Waals surface area contributed by atoms with Crippen LogP contribution in [0.1, 0.15) is 79.9 Å². The maximum absolute atomic E-state index is 3.71. The normalized spacial score (nSPS) is 19.6. The molecule has 0 bridgehead atoms. The molecule has 2 unspecified atom stereocenters. The maximum Gasteiger partial charge on any atom is -0.147 e. The van der Waals surface area contributed by atoms with Gasteiger partial charge in [-0.1, -0.05) is 0 Å². The minimum atomic E-state index is -3.71. The second kappa shape index (κ2) is 12.6. The predicted octanol–water partition coefficient (Wildman–Crippen LogP) is 12.0. The number of thioether (sulfide) groups is 1. The number of rotatable bonds is 5. The minimum absolute atomic E-state index is 0. The Bertz CT molecular complexity index is 1840. The third-order valence-electron chi connectivity index (χ3n) is 10.2. The van der Waals surface area contributed by atoms with Gasteiger partial charge in [0.05, 0.1) is 0 Å². The molecule has 1 aliphatic heterocycles. The van der Waals surface area contributed by atoms with Crippen molar-refractivity contribution in [2.24, 2.45) is 5.92 Å². The Kier molecular flexibility index (Phi) is 10.2. The fourth-order valence-corrected chi connectivity index (χ4v) is 31.1. The van der Waals surface area contributed by atoms with Gasteiger partial charge in [-0.05, 0) is 0 Å². The third-order valence-corrected chi connectivity index (χ3v) is 28.1. The van der Waals surface area contributed by atoms with Crippen LogP contribution in [0.3, 0.4) is 0 Å². The van der Waals surface area contributed by atoms with Gasteiger partial charge in [-0.15, -0.1) is 24.8 Å². The molecule has 238 valence electrons. The smallest absolute Gasteiger partial charge is 0.147 e. The standard InChI is InChI=1S/C21H25S.C17H15.2CH3.2ClH.H2Si.Zr/c1-13(2)16-11-18-19(12-16)22-14(3)20(18)15-7-9-17(10-8-15)21(4,5)6;1-12-10-16-13(2)8-9-15(17(16)11-12)14-6-4-3-5-7-14;;;;;;/h7-11,13-14H,1-6H3;3-11H,1-2H3;2*1H3;2*1H;1H2;. The molecule has 1 heterocycles. The minimum Gasteiger partial charge on any atom is -0.147 e. The van der Waals surface area contributed by atoms with Crippen LogP contribution in [0, 0.1) is 12.8 Å². The van der Waals surface area contributed by atoms with Gasteiger partial charge in [-0.25, -0.2) is 0 Å². The van der Waals surface area contributed by atoms with E-state index in [1.807, 2.05) is 0 Å². The van der Waals surface area contributed by atoms with Crippen LogP contribution in [-0.2, 0) is 22.8 Å². The van der Waals surface area contributed by atoms with E-state index in [1.165, 1.54) is 44.5 Å². The summed E-state index contributed by atoms with van der Waals surface area (Å²) < 4.78 is 7.80. The molecule has 0 radical (unpaired) electrons. The van der Waals surface area contributed by atoms with Gasteiger partial charge < -0.3 is 0 Å². The van der Waals surface area contributed by atoms with Crippen LogP contribution >= 0.6 is 36.6 Å². The van der Waals surface area contributed by atoms with E-state index >= 15 is 0 Å². The van der Waals surface area contributed by atoms with Gasteiger partial charge in [0.25, 0.3) is 0 Å². The molecule has 2 atom stereocenters. The van der Waals surface area contributed by atoms with Crippen LogP contribution in [0.15, 0.2) is 97.7 Å². The van der Waals surface area contributed by atoms with Gasteiger partial charge in [-0.3, -0.25) is 0 Å². The number of halogens is 2. The molecule has 3 aliphatic rings. The van der Waals surface area contributed by atoms with Crippen molar-refractivity contribution in [2.75, 3.05) is 0 Å². The van der Waals surface area contributed by atoms with E-state index in [1.54, 1.807) is 24.9 Å². The van der Waals surface area contributed by atoms with Crippen LogP contribution in [0.4, 0.5) is 0 Å². The molecule has 6 rings (SSSR count). The van der Waals surface area contributed by atoms with E-state index in [9.17, 15) is 0 Å². The van der Waals surface area contributed by atoms with Gasteiger partial charge in [0.15, 0.2) is 0 Å². The van der Waals surface area contributed by atoms with Crippen molar-refractivity contribution in [3.05, 3.63) is 126 Å². The van der Waals surface area contributed by atoms with Crippen molar-refractivity contribution in [1.29, 1.82) is 0 Å². The molecule has 0 saturated heterocycles. The van der Waals surface area contributed by atoms with Crippen molar-refractivity contribution in [3.63, 3.8) is 0 Å². The SMILES string of the molecule is CC1=Cc2c(-c3ccccc3)ccc(C)c2[CH]1[Zr]([CH3])([CH3])(=[SiH2])[C]1=C2SC(C)C(c3ccc(C(C)(C)C)cc3)=C2C=C1C(C)C.Cl.Cl. The first-order chi connectivity index (χ1) is 20.1. The second-order valence-electron chi connectivity index (χ2n) is 15.6. The average molecular weight is 753 g/mol. The molecule has 0 N–H and O–H groups in total. The van der Waals surface area contributed by atoms with Crippen LogP contribution in [-0.4, -0.2) is 12.1 Å². The Labute approximate surface area is 291 Å². The third kappa shape index (κ3) is 6.08. The Morgan fingerprint density at radius 1 is 0.822 bits per heavy atom. The summed E-state index contributed by atoms with van der Waals surface area (Å²) >= 11 is -1.57. The maximum atomic E-state index is 2.76. The van der Waals surface area contributed by atoms with Gasteiger partial charge in [-0.2, -0.15) is 0 Å². The van der Waals surface area contributed by atoms with Gasteiger partial charge in [0.2, 0.25) is 0 Å². The summed E-state index contributed by atoms with van der Waals surface area (Å²) in [7, 11) is 0. The molecule has 3 aromatic rings. The van der Waals surface area contributed by atoms with Crippen LogP contribution in [0.2, 0.25) is 9.26 Å². The first-order valence-electron chi connectivity index (χ1n) is 16.0. The Morgan fingerprint density at radius 3 is 2.02 bits per heavy atom. The summed E-state index contributed by atoms with van der Waals surface area (Å²) in [5.74, 6) is 0.500. The molecule has 5 heteroatoms. The molecule has 3 aromatic carbocycles. The zero-order chi connectivity index (χ0) is 31.1. The molecule has 2 aliphatic carbocycles. The van der Waals surface area contributed by atoms with Crippen LogP contribution in [0.5, 0.6) is 0 Å². The number of hydrogen-bond donors (Lipinski definition) is 0. The fourth-order valence-electron chi connectivity index (χ4n) is 8.21. The van der Waals surface area contributed by atoms with Gasteiger partial charge in [0.1, 0.15) is 0 Å². The Morgan fingerprint density at radius 2 is 1.44 bits per heavy atom. The quantitative estimate of drug-likeness (QED) is 0.234. The first-order valence-corrected chi connectivity index (χ1v) is 30.4. The van der Waals surface area contributed by atoms with Crippen molar-refractivity contribution < 1.29 is 17.4 Å². The van der Waals surface area contributed by atoms with E-state index < -0.39 is 17.4 Å². The van der Waals surface area contributed by atoms with E-state index in [4.69, 9.17) is 0 Å². The molecule has 0 fully saturated rings. The van der Waals surface area contributed by atoms with Crippen LogP contribution in [0.25, 0.3) is 22.8 Å². The monoisotopic (exact) mass is 750 g/mol. The van der Waals surface area contributed by atoms with Crippen LogP contribution < -0.4 is 0 Å². The van der Waals surface area contributed by atoms with Gasteiger partial charge >= 0.3 is 269 Å². The van der Waals surface area contributed by atoms with Crippen molar-refractivity contribution >= 4 is 55.1 Å². The molecule has 0 spiro atoms. The van der Waals surface area contributed by atoms with E-state index in [0.717, 1.165) is 0 Å². The van der Waals surface area contributed by atoms with Gasteiger partial charge in [0, 0.05) is 0 Å². The summed E-state index contributed by atoms with van der Waals surface area (Å²) in [6, 6.07) is 25.2. The largest absolute Gasteiger partial charge is 0.147 e. The number of benzene rings is 3. The molecule has 0 saturated carbocycles. The fraction of sp³-hybridized carbons (Fsp3) is 0.350. The summed E-state index contributed by atoms with van der Waals surface area (Å²) in [5, 5.41) is 0.457. The second-order valence-corrected chi connectivity index (χ2v) is 46.3. The average Bonchev–Trinajstić information content (AvgIpc) is 3.58. The topological polar surface area (TPSA) is 0 Å². The number of aryl methyl sites for hydroxylation is 1. The number of fused-ring (bicyclic) bond motifs is 2. The van der Waals surface area contributed by atoms with Crippen molar-refractivity contribution in [2.45, 2.75) is 78.9 Å². The zero-order valence-corrected chi connectivity index (χ0v) is 35.0. The zero-order valence-electron chi connectivity index (χ0n) is 28.7. The molecule has 0 nitrogen and oxygen atoms in total. The van der Waals surface area contributed by atoms with E-state index in [2.05, 4.69) is 162 Å². The Hall–Kier alpha value is -1.35. The predicted molar refractivity (Wildman–Crippen MR) is 207 cm³/mol. The molecule has 45 heavy (non-hydrogen) atoms. The molecule has 0 amide bonds. The van der Waals surface area contributed by atoms with Crippen molar-refractivity contribution in [1.82, 2.24) is 0 Å². The molecular formula is C40H50Cl2SSiZr. The summed E-state index contributed by atoms with van der Waals surface area (Å²) in [4.78, 5) is 1.61.